The van der Waals surface area contributed by atoms with Gasteiger partial charge in [0.2, 0.25) is 0 Å². The smallest absolute Gasteiger partial charge is 0.261 e. The van der Waals surface area contributed by atoms with Gasteiger partial charge in [-0.05, 0) is 42.5 Å². The molecule has 2 bridgehead atoms. The van der Waals surface area contributed by atoms with Gasteiger partial charge in [0.15, 0.2) is 11.4 Å². The minimum atomic E-state index is -0.457. The molecule has 0 fully saturated rings. The number of hydrogen-bond donors (Lipinski definition) is 3. The van der Waals surface area contributed by atoms with E-state index in [4.69, 9.17) is 9.84 Å². The number of hydrogen-bond acceptors (Lipinski definition) is 7. The van der Waals surface area contributed by atoms with Gasteiger partial charge in [0, 0.05) is 31.0 Å². The second kappa shape index (κ2) is 8.82. The van der Waals surface area contributed by atoms with Gasteiger partial charge in [-0.15, -0.1) is 0 Å². The van der Waals surface area contributed by atoms with Gasteiger partial charge in [-0.25, -0.2) is 13.9 Å². The third kappa shape index (κ3) is 3.98. The van der Waals surface area contributed by atoms with Crippen LogP contribution in [0, 0.1) is 5.82 Å². The molecule has 4 aromatic rings. The van der Waals surface area contributed by atoms with Crippen LogP contribution in [0.2, 0.25) is 0 Å². The van der Waals surface area contributed by atoms with Crippen molar-refractivity contribution in [2.24, 2.45) is 0 Å². The number of fused-ring (bicyclic) bond motifs is 3. The Morgan fingerprint density at radius 2 is 1.97 bits per heavy atom. The number of benzene rings is 2. The minimum Gasteiger partial charge on any atom is -0.455 e. The topological polar surface area (TPSA) is 118 Å². The SMILES string of the molecule is CO.O=Cc1ccc2c(c1)NC(=O)c1cnn3ccc(nc13)NCc1cc(F)ccc1O2. The van der Waals surface area contributed by atoms with Crippen molar-refractivity contribution in [1.29, 1.82) is 0 Å². The van der Waals surface area contributed by atoms with E-state index in [2.05, 4.69) is 20.7 Å². The maximum atomic E-state index is 13.9. The van der Waals surface area contributed by atoms with Gasteiger partial charge < -0.3 is 20.5 Å². The molecule has 3 N–H and O–H groups in total. The molecule has 10 heteroatoms. The highest BCUT2D eigenvalue weighted by molar-refractivity contribution is 6.09. The zero-order valence-corrected chi connectivity index (χ0v) is 16.9. The number of carbonyl (C=O) groups excluding carboxylic acids is 2. The largest absolute Gasteiger partial charge is 0.455 e. The minimum absolute atomic E-state index is 0.239. The van der Waals surface area contributed by atoms with Crippen LogP contribution in [0.3, 0.4) is 0 Å². The highest BCUT2D eigenvalue weighted by Gasteiger charge is 2.19. The number of anilines is 2. The van der Waals surface area contributed by atoms with E-state index in [9.17, 15) is 14.0 Å². The number of aldehydes is 1. The van der Waals surface area contributed by atoms with Crippen molar-refractivity contribution >= 4 is 29.3 Å². The summed E-state index contributed by atoms with van der Waals surface area (Å²) >= 11 is 0. The highest BCUT2D eigenvalue weighted by Crippen LogP contribution is 2.33. The summed E-state index contributed by atoms with van der Waals surface area (Å²) in [6.45, 7) is 0.239. The van der Waals surface area contributed by atoms with E-state index in [-0.39, 0.29) is 12.1 Å². The summed E-state index contributed by atoms with van der Waals surface area (Å²) in [5.74, 6) is 0.342. The molecular weight excluding hydrogens is 417 g/mol. The first-order valence-electron chi connectivity index (χ1n) is 9.50. The lowest BCUT2D eigenvalue weighted by molar-refractivity contribution is 0.102. The molecule has 162 valence electrons. The van der Waals surface area contributed by atoms with Crippen LogP contribution in [0.25, 0.3) is 5.65 Å². The first kappa shape index (κ1) is 20.9. The lowest BCUT2D eigenvalue weighted by atomic mass is 10.1. The fourth-order valence-corrected chi connectivity index (χ4v) is 3.21. The molecule has 32 heavy (non-hydrogen) atoms. The van der Waals surface area contributed by atoms with Crippen LogP contribution in [0.15, 0.2) is 54.9 Å². The third-order valence-corrected chi connectivity index (χ3v) is 4.70. The second-order valence-electron chi connectivity index (χ2n) is 6.67. The average Bonchev–Trinajstić information content (AvgIpc) is 3.24. The molecule has 5 rings (SSSR count). The van der Waals surface area contributed by atoms with Crippen LogP contribution in [0.4, 0.5) is 15.9 Å². The van der Waals surface area contributed by atoms with Crippen LogP contribution >= 0.6 is 0 Å². The van der Waals surface area contributed by atoms with Crippen LogP contribution in [-0.2, 0) is 6.54 Å². The fraction of sp³-hybridized carbons (Fsp3) is 0.0909. The lowest BCUT2D eigenvalue weighted by Gasteiger charge is -2.15. The Hall–Kier alpha value is -4.31. The summed E-state index contributed by atoms with van der Waals surface area (Å²) in [6, 6.07) is 10.5. The van der Waals surface area contributed by atoms with E-state index >= 15 is 0 Å². The molecular formula is C22H18FN5O4. The molecule has 2 aromatic heterocycles. The van der Waals surface area contributed by atoms with Crippen molar-refractivity contribution < 1.29 is 23.8 Å². The standard InChI is InChI=1S/C21H14FN5O3.CH4O/c22-14-2-4-17-13(8-14)9-23-19-5-6-27-20(26-19)15(10-24-27)21(29)25-16-7-12(11-28)1-3-18(16)30-17;1-2/h1-8,10-11H,9H2,(H,23,26)(H,25,29);2H,1H3. The quantitative estimate of drug-likeness (QED) is 0.393. The Morgan fingerprint density at radius 3 is 2.78 bits per heavy atom. The van der Waals surface area contributed by atoms with Gasteiger partial charge in [0.1, 0.15) is 29.2 Å². The normalized spacial score (nSPS) is 12.4. The highest BCUT2D eigenvalue weighted by atomic mass is 19.1. The molecule has 0 aliphatic carbocycles. The molecule has 0 unspecified atom stereocenters. The number of halogens is 1. The van der Waals surface area contributed by atoms with Gasteiger partial charge in [0.05, 0.1) is 11.9 Å². The van der Waals surface area contributed by atoms with E-state index in [1.807, 2.05) is 0 Å². The summed E-state index contributed by atoms with van der Waals surface area (Å²) < 4.78 is 21.3. The van der Waals surface area contributed by atoms with E-state index in [1.165, 1.54) is 35.0 Å². The number of ether oxygens (including phenoxy) is 1. The summed E-state index contributed by atoms with van der Waals surface area (Å²) in [6.07, 6.45) is 3.75. The maximum absolute atomic E-state index is 13.9. The molecule has 0 saturated heterocycles. The van der Waals surface area contributed by atoms with E-state index in [0.29, 0.717) is 46.1 Å². The number of aliphatic hydroxyl groups is 1. The van der Waals surface area contributed by atoms with Crippen molar-refractivity contribution in [2.75, 3.05) is 17.7 Å². The number of amides is 1. The maximum Gasteiger partial charge on any atom is 0.261 e. The lowest BCUT2D eigenvalue weighted by Crippen LogP contribution is -2.13. The van der Waals surface area contributed by atoms with Crippen LogP contribution in [0.5, 0.6) is 11.5 Å². The fourth-order valence-electron chi connectivity index (χ4n) is 3.21. The predicted octanol–water partition coefficient (Wildman–Crippen LogP) is 3.26. The summed E-state index contributed by atoms with van der Waals surface area (Å²) in [7, 11) is 1.00. The van der Waals surface area contributed by atoms with Crippen molar-refractivity contribution in [1.82, 2.24) is 14.6 Å². The molecule has 1 aliphatic rings. The first-order chi connectivity index (χ1) is 15.6. The van der Waals surface area contributed by atoms with Crippen molar-refractivity contribution in [3.8, 4) is 11.5 Å². The van der Waals surface area contributed by atoms with E-state index < -0.39 is 11.7 Å². The molecule has 1 amide bonds. The van der Waals surface area contributed by atoms with Crippen molar-refractivity contribution in [3.05, 3.63) is 77.4 Å². The van der Waals surface area contributed by atoms with Crippen molar-refractivity contribution in [3.63, 3.8) is 0 Å². The number of rotatable bonds is 1. The Labute approximate surface area is 181 Å². The number of nitrogens with one attached hydrogen (secondary N) is 2. The van der Waals surface area contributed by atoms with Crippen LogP contribution in [-0.4, -0.2) is 39.0 Å². The molecule has 0 spiro atoms. The Balaban J connectivity index is 0.00000119. The summed E-state index contributed by atoms with van der Waals surface area (Å²) in [4.78, 5) is 28.6. The molecule has 3 heterocycles. The molecule has 0 atom stereocenters. The van der Waals surface area contributed by atoms with Gasteiger partial charge in [-0.2, -0.15) is 5.10 Å². The number of carbonyl (C=O) groups is 2. The number of nitrogens with zero attached hydrogens (tertiary/aromatic N) is 3. The second-order valence-corrected chi connectivity index (χ2v) is 6.67. The third-order valence-electron chi connectivity index (χ3n) is 4.70. The monoisotopic (exact) mass is 435 g/mol. The molecule has 2 aromatic carbocycles. The van der Waals surface area contributed by atoms with Gasteiger partial charge >= 0.3 is 0 Å². The Morgan fingerprint density at radius 1 is 1.16 bits per heavy atom. The number of aliphatic hydroxyl groups excluding tert-OH is 1. The molecule has 0 radical (unpaired) electrons. The number of aromatic nitrogens is 3. The summed E-state index contributed by atoms with van der Waals surface area (Å²) in [5, 5.41) is 17.0. The summed E-state index contributed by atoms with van der Waals surface area (Å²) in [5.41, 5.74) is 1.82. The van der Waals surface area contributed by atoms with Crippen LogP contribution < -0.4 is 15.4 Å². The molecule has 9 nitrogen and oxygen atoms in total. The Kier molecular flexibility index (Phi) is 5.77. The molecule has 1 aliphatic heterocycles. The van der Waals surface area contributed by atoms with Gasteiger partial charge in [-0.1, -0.05) is 0 Å². The first-order valence-corrected chi connectivity index (χ1v) is 9.50. The van der Waals surface area contributed by atoms with Gasteiger partial charge in [-0.3, -0.25) is 9.59 Å². The Bertz CT molecular complexity index is 1320. The average molecular weight is 435 g/mol. The zero-order chi connectivity index (χ0) is 22.7. The molecule has 0 saturated carbocycles. The van der Waals surface area contributed by atoms with Crippen LogP contribution in [0.1, 0.15) is 26.3 Å². The van der Waals surface area contributed by atoms with E-state index in [0.717, 1.165) is 7.11 Å². The van der Waals surface area contributed by atoms with Crippen molar-refractivity contribution in [2.45, 2.75) is 6.54 Å². The van der Waals surface area contributed by atoms with E-state index in [1.54, 1.807) is 24.4 Å². The predicted molar refractivity (Wildman–Crippen MR) is 115 cm³/mol. The zero-order valence-electron chi connectivity index (χ0n) is 16.9. The van der Waals surface area contributed by atoms with Gasteiger partial charge in [0.25, 0.3) is 5.91 Å².